The molecule has 0 amide bonds. The highest BCUT2D eigenvalue weighted by Gasteiger charge is 2.31. The van der Waals surface area contributed by atoms with Crippen LogP contribution < -0.4 is 4.59 Å². The smallest absolute Gasteiger partial charge is 0.181 e. The number of hydrogen-bond acceptors (Lipinski definition) is 2. The second-order valence-electron chi connectivity index (χ2n) is 3.80. The van der Waals surface area contributed by atoms with Crippen LogP contribution in [0.4, 0.5) is 5.69 Å². The number of nitrogens with one attached hydrogen (secondary N) is 1. The predicted octanol–water partition coefficient (Wildman–Crippen LogP) is 1.15. The van der Waals surface area contributed by atoms with Crippen LogP contribution in [0.3, 0.4) is 0 Å². The van der Waals surface area contributed by atoms with Crippen molar-refractivity contribution in [2.24, 2.45) is 5.10 Å². The Hall–Kier alpha value is -1.68. The van der Waals surface area contributed by atoms with Gasteiger partial charge in [0.15, 0.2) is 11.9 Å². The first-order chi connectivity index (χ1) is 6.68. The molecule has 0 bridgehead atoms. The third-order valence-corrected chi connectivity index (χ3v) is 2.46. The van der Waals surface area contributed by atoms with E-state index in [1.54, 1.807) is 6.20 Å². The molecule has 4 heteroatoms. The number of rotatable bonds is 0. The molecule has 2 aromatic heterocycles. The van der Waals surface area contributed by atoms with Crippen LogP contribution in [-0.4, -0.2) is 30.3 Å². The van der Waals surface area contributed by atoms with Gasteiger partial charge in [-0.05, 0) is 6.07 Å². The van der Waals surface area contributed by atoms with Crippen LogP contribution in [0.15, 0.2) is 17.4 Å². The minimum Gasteiger partial charge on any atom is -0.338 e. The Labute approximate surface area is 81.5 Å². The number of H-pyrrole nitrogens is 1. The molecule has 4 nitrogen and oxygen atoms in total. The summed E-state index contributed by atoms with van der Waals surface area (Å²) in [5, 5.41) is 5.36. The Kier molecular flexibility index (Phi) is 1.22. The van der Waals surface area contributed by atoms with Gasteiger partial charge in [-0.25, -0.2) is 4.98 Å². The van der Waals surface area contributed by atoms with Crippen molar-refractivity contribution in [2.45, 2.75) is 0 Å². The SMILES string of the molecule is C[N+]1(C)N=[C]c2cnc3[nH][c]cc3c21. The molecule has 1 aliphatic heterocycles. The average Bonchev–Trinajstić information content (AvgIpc) is 2.69. The van der Waals surface area contributed by atoms with Gasteiger partial charge in [-0.2, -0.15) is 4.59 Å². The first kappa shape index (κ1) is 7.70. The van der Waals surface area contributed by atoms with Crippen molar-refractivity contribution in [1.82, 2.24) is 14.6 Å². The number of hydrogen-bond donors (Lipinski definition) is 1. The Balaban J connectivity index is 2.47. The van der Waals surface area contributed by atoms with Gasteiger partial charge in [0.1, 0.15) is 5.65 Å². The van der Waals surface area contributed by atoms with Crippen LogP contribution in [-0.2, 0) is 0 Å². The first-order valence-corrected chi connectivity index (χ1v) is 4.39. The molecule has 14 heavy (non-hydrogen) atoms. The number of aromatic amines is 1. The van der Waals surface area contributed by atoms with E-state index in [2.05, 4.69) is 27.5 Å². The van der Waals surface area contributed by atoms with Crippen molar-refractivity contribution in [3.8, 4) is 0 Å². The lowest BCUT2D eigenvalue weighted by Gasteiger charge is -2.18. The van der Waals surface area contributed by atoms with Gasteiger partial charge in [0, 0.05) is 6.20 Å². The van der Waals surface area contributed by atoms with Crippen molar-refractivity contribution in [3.05, 3.63) is 24.0 Å². The largest absolute Gasteiger partial charge is 0.338 e. The minimum absolute atomic E-state index is 0.472. The predicted molar refractivity (Wildman–Crippen MR) is 55.1 cm³/mol. The van der Waals surface area contributed by atoms with E-state index in [0.29, 0.717) is 4.59 Å². The Morgan fingerprint density at radius 2 is 2.29 bits per heavy atom. The van der Waals surface area contributed by atoms with Crippen LogP contribution in [0, 0.1) is 6.20 Å². The molecule has 0 saturated heterocycles. The fraction of sp³-hybridized carbons (Fsp3) is 0.200. The fourth-order valence-electron chi connectivity index (χ4n) is 1.83. The van der Waals surface area contributed by atoms with Crippen LogP contribution >= 0.6 is 0 Å². The summed E-state index contributed by atoms with van der Waals surface area (Å²) in [6.07, 6.45) is 7.71. The van der Waals surface area contributed by atoms with E-state index in [1.165, 1.54) is 0 Å². The lowest BCUT2D eigenvalue weighted by molar-refractivity contribution is 0.439. The minimum atomic E-state index is 0.472. The second kappa shape index (κ2) is 2.22. The highest BCUT2D eigenvalue weighted by atomic mass is 15.6. The molecule has 1 N–H and O–H groups in total. The lowest BCUT2D eigenvalue weighted by atomic mass is 10.2. The zero-order valence-electron chi connectivity index (χ0n) is 8.00. The monoisotopic (exact) mass is 185 g/mol. The third-order valence-electron chi connectivity index (χ3n) is 2.46. The van der Waals surface area contributed by atoms with E-state index < -0.39 is 0 Å². The van der Waals surface area contributed by atoms with E-state index in [0.717, 1.165) is 22.3 Å². The molecular formula is C10H9N4+. The number of fused-ring (bicyclic) bond motifs is 3. The Bertz CT molecular complexity index is 536. The van der Waals surface area contributed by atoms with E-state index >= 15 is 0 Å². The third kappa shape index (κ3) is 0.807. The number of nitrogens with zero attached hydrogens (tertiary/aromatic N) is 3. The molecular weight excluding hydrogens is 176 g/mol. The normalized spacial score (nSPS) is 17.6. The molecule has 68 valence electrons. The molecule has 0 unspecified atom stereocenters. The van der Waals surface area contributed by atoms with Gasteiger partial charge in [-0.3, -0.25) is 0 Å². The van der Waals surface area contributed by atoms with Crippen molar-refractivity contribution in [1.29, 1.82) is 0 Å². The van der Waals surface area contributed by atoms with Crippen molar-refractivity contribution in [3.63, 3.8) is 0 Å². The zero-order valence-corrected chi connectivity index (χ0v) is 8.00. The summed E-state index contributed by atoms with van der Waals surface area (Å²) < 4.78 is 0.472. The summed E-state index contributed by atoms with van der Waals surface area (Å²) >= 11 is 0. The molecule has 3 heterocycles. The molecule has 3 rings (SSSR count). The van der Waals surface area contributed by atoms with Crippen LogP contribution in [0.5, 0.6) is 0 Å². The zero-order chi connectivity index (χ0) is 9.76. The number of quaternary nitrogens is 1. The summed E-state index contributed by atoms with van der Waals surface area (Å²) in [5.74, 6) is 0. The van der Waals surface area contributed by atoms with Gasteiger partial charge in [-0.15, -0.1) is 0 Å². The summed E-state index contributed by atoms with van der Waals surface area (Å²) in [7, 11) is 4.04. The van der Waals surface area contributed by atoms with Gasteiger partial charge in [0.05, 0.1) is 31.2 Å². The first-order valence-electron chi connectivity index (χ1n) is 4.39. The molecule has 0 aromatic carbocycles. The van der Waals surface area contributed by atoms with Crippen molar-refractivity contribution < 1.29 is 0 Å². The molecule has 0 spiro atoms. The van der Waals surface area contributed by atoms with Gasteiger partial charge < -0.3 is 4.98 Å². The fourth-order valence-corrected chi connectivity index (χ4v) is 1.83. The highest BCUT2D eigenvalue weighted by Crippen LogP contribution is 2.34. The quantitative estimate of drug-likeness (QED) is 0.615. The number of pyridine rings is 1. The maximum Gasteiger partial charge on any atom is 0.181 e. The lowest BCUT2D eigenvalue weighted by Crippen LogP contribution is -2.31. The molecule has 1 aliphatic rings. The van der Waals surface area contributed by atoms with Gasteiger partial charge >= 0.3 is 0 Å². The summed E-state index contributed by atoms with van der Waals surface area (Å²) in [5.41, 5.74) is 2.96. The van der Waals surface area contributed by atoms with Crippen LogP contribution in [0.1, 0.15) is 5.56 Å². The average molecular weight is 185 g/mol. The van der Waals surface area contributed by atoms with Crippen molar-refractivity contribution in [2.75, 3.05) is 14.1 Å². The standard InChI is InChI=1S/C10H9N4/c1-14(2)9-7(6-13-14)5-12-10-8(9)3-4-11-10/h3,5H,1-2H3,(H,11,12)/q+1. The maximum absolute atomic E-state index is 4.29. The summed E-state index contributed by atoms with van der Waals surface area (Å²) in [6.45, 7) is 0. The Morgan fingerprint density at radius 1 is 1.43 bits per heavy atom. The van der Waals surface area contributed by atoms with Crippen LogP contribution in [0.2, 0.25) is 0 Å². The molecule has 2 aromatic rings. The molecule has 2 radical (unpaired) electrons. The molecule has 0 fully saturated rings. The van der Waals surface area contributed by atoms with E-state index in [-0.39, 0.29) is 0 Å². The van der Waals surface area contributed by atoms with Crippen molar-refractivity contribution >= 4 is 22.9 Å². The summed E-state index contributed by atoms with van der Waals surface area (Å²) in [4.78, 5) is 7.23. The highest BCUT2D eigenvalue weighted by molar-refractivity contribution is 6.02. The topological polar surface area (TPSA) is 41.0 Å². The Morgan fingerprint density at radius 3 is 3.14 bits per heavy atom. The molecule has 0 aliphatic carbocycles. The number of aromatic nitrogens is 2. The van der Waals surface area contributed by atoms with E-state index in [9.17, 15) is 0 Å². The molecule has 0 saturated carbocycles. The van der Waals surface area contributed by atoms with Gasteiger partial charge in [0.25, 0.3) is 0 Å². The second-order valence-corrected chi connectivity index (χ2v) is 3.80. The van der Waals surface area contributed by atoms with E-state index in [4.69, 9.17) is 0 Å². The maximum atomic E-state index is 4.29. The summed E-state index contributed by atoms with van der Waals surface area (Å²) in [6, 6.07) is 1.91. The van der Waals surface area contributed by atoms with Crippen LogP contribution in [0.25, 0.3) is 11.0 Å². The molecule has 0 atom stereocenters. The van der Waals surface area contributed by atoms with Gasteiger partial charge in [-0.1, -0.05) is 5.10 Å². The van der Waals surface area contributed by atoms with Gasteiger partial charge in [0.2, 0.25) is 0 Å². The van der Waals surface area contributed by atoms with E-state index in [1.807, 2.05) is 20.2 Å².